The van der Waals surface area contributed by atoms with E-state index in [1.54, 1.807) is 0 Å². The Morgan fingerprint density at radius 2 is 1.88 bits per heavy atom. The fourth-order valence-corrected chi connectivity index (χ4v) is 3.85. The van der Waals surface area contributed by atoms with Crippen molar-refractivity contribution < 1.29 is 22.1 Å². The molecule has 0 spiro atoms. The lowest BCUT2D eigenvalue weighted by molar-refractivity contribution is -0.386. The smallest absolute Gasteiger partial charge is 0.258 e. The maximum absolute atomic E-state index is 13.9. The van der Waals surface area contributed by atoms with Crippen LogP contribution in [0.3, 0.4) is 0 Å². The molecule has 0 bridgehead atoms. The van der Waals surface area contributed by atoms with Gasteiger partial charge in [-0.25, -0.2) is 27.2 Å². The Bertz CT molecular complexity index is 1000. The summed E-state index contributed by atoms with van der Waals surface area (Å²) in [6.45, 7) is 1.25. The first-order valence-corrected chi connectivity index (χ1v) is 8.29. The van der Waals surface area contributed by atoms with E-state index in [4.69, 9.17) is 11.6 Å². The number of sulfone groups is 1. The van der Waals surface area contributed by atoms with Crippen LogP contribution in [0, 0.1) is 40.0 Å². The first kappa shape index (κ1) is 18.6. The lowest BCUT2D eigenvalue weighted by Crippen LogP contribution is -2.19. The van der Waals surface area contributed by atoms with Crippen LogP contribution < -0.4 is 0 Å². The number of benzene rings is 1. The molecule has 1 atom stereocenters. The summed E-state index contributed by atoms with van der Waals surface area (Å²) in [5.74, 6) is -3.05. The number of nitriles is 1. The van der Waals surface area contributed by atoms with E-state index < -0.39 is 53.1 Å². The number of hydrogen-bond donors (Lipinski definition) is 0. The molecular weight excluding hydrogens is 382 g/mol. The average Bonchev–Trinajstić information content (AvgIpc) is 2.45. The van der Waals surface area contributed by atoms with Crippen LogP contribution >= 0.6 is 11.6 Å². The highest BCUT2D eigenvalue weighted by molar-refractivity contribution is 7.92. The lowest BCUT2D eigenvalue weighted by atomic mass is 10.2. The van der Waals surface area contributed by atoms with Gasteiger partial charge >= 0.3 is 5.69 Å². The van der Waals surface area contributed by atoms with Crippen LogP contribution in [-0.2, 0) is 9.84 Å². The van der Waals surface area contributed by atoms with Crippen molar-refractivity contribution in [2.45, 2.75) is 17.1 Å². The molecule has 0 radical (unpaired) electrons. The van der Waals surface area contributed by atoms with Crippen molar-refractivity contribution in [3.63, 3.8) is 0 Å². The highest BCUT2D eigenvalue weighted by Crippen LogP contribution is 2.37. The molecule has 0 saturated heterocycles. The normalized spacial score (nSPS) is 12.4. The third-order valence-electron chi connectivity index (χ3n) is 3.04. The molecule has 0 aliphatic rings. The summed E-state index contributed by atoms with van der Waals surface area (Å²) in [4.78, 5) is 15.8. The predicted octanol–water partition coefficient (Wildman–Crippen LogP) is 2.66. The maximum Gasteiger partial charge on any atom is 0.330 e. The lowest BCUT2D eigenvalue weighted by Gasteiger charge is -2.13. The van der Waals surface area contributed by atoms with Crippen LogP contribution in [-0.4, -0.2) is 23.3 Å². The number of aryl methyl sites for hydroxylation is 1. The molecule has 8 nitrogen and oxygen atoms in total. The Kier molecular flexibility index (Phi) is 4.96. The van der Waals surface area contributed by atoms with Gasteiger partial charge in [-0.05, 0) is 19.1 Å². The number of aromatic nitrogens is 2. The van der Waals surface area contributed by atoms with Crippen molar-refractivity contribution in [3.8, 4) is 6.07 Å². The van der Waals surface area contributed by atoms with Gasteiger partial charge < -0.3 is 0 Å². The van der Waals surface area contributed by atoms with Crippen LogP contribution in [0.4, 0.5) is 14.5 Å². The predicted molar refractivity (Wildman–Crippen MR) is 80.3 cm³/mol. The van der Waals surface area contributed by atoms with Crippen molar-refractivity contribution in [1.29, 1.82) is 5.26 Å². The molecule has 130 valence electrons. The first-order chi connectivity index (χ1) is 11.6. The second-order valence-corrected chi connectivity index (χ2v) is 6.99. The van der Waals surface area contributed by atoms with E-state index in [1.165, 1.54) is 13.0 Å². The van der Waals surface area contributed by atoms with Crippen molar-refractivity contribution in [2.24, 2.45) is 0 Å². The van der Waals surface area contributed by atoms with Crippen LogP contribution in [0.1, 0.15) is 16.8 Å². The third kappa shape index (κ3) is 3.26. The summed E-state index contributed by atoms with van der Waals surface area (Å²) in [6.07, 6.45) is 0. The van der Waals surface area contributed by atoms with Crippen molar-refractivity contribution in [2.75, 3.05) is 0 Å². The monoisotopic (exact) mass is 388 g/mol. The molecule has 0 N–H and O–H groups in total. The zero-order chi connectivity index (χ0) is 18.9. The fraction of sp³-hybridized carbons (Fsp3) is 0.154. The summed E-state index contributed by atoms with van der Waals surface area (Å²) in [5.41, 5.74) is -1.90. The molecule has 0 aliphatic carbocycles. The van der Waals surface area contributed by atoms with E-state index in [0.717, 1.165) is 6.07 Å². The molecule has 1 aromatic heterocycles. The molecule has 0 amide bonds. The van der Waals surface area contributed by atoms with Gasteiger partial charge in [-0.15, -0.1) is 0 Å². The molecule has 1 aromatic carbocycles. The van der Waals surface area contributed by atoms with E-state index in [9.17, 15) is 32.6 Å². The average molecular weight is 389 g/mol. The number of hydrogen-bond acceptors (Lipinski definition) is 7. The minimum absolute atomic E-state index is 0.157. The number of rotatable bonds is 4. The number of halogens is 3. The molecular formula is C13H7ClF2N4O4S. The molecule has 0 fully saturated rings. The second-order valence-electron chi connectivity index (χ2n) is 4.66. The Morgan fingerprint density at radius 3 is 2.36 bits per heavy atom. The van der Waals surface area contributed by atoms with Gasteiger partial charge in [-0.3, -0.25) is 10.1 Å². The minimum atomic E-state index is -5.02. The summed E-state index contributed by atoms with van der Waals surface area (Å²) >= 11 is 5.64. The Hall–Kier alpha value is -2.71. The summed E-state index contributed by atoms with van der Waals surface area (Å²) in [7, 11) is -5.02. The van der Waals surface area contributed by atoms with E-state index >= 15 is 0 Å². The Balaban J connectivity index is 2.82. The molecule has 2 aromatic rings. The zero-order valence-electron chi connectivity index (χ0n) is 12.3. The highest BCUT2D eigenvalue weighted by Gasteiger charge is 2.41. The van der Waals surface area contributed by atoms with Gasteiger partial charge in [0.05, 0.1) is 11.0 Å². The standard InChI is InChI=1S/C13H7ClF2N4O4S/c1-6-18-10(11(20(21)22)13(14)19-6)9(5-17)25(23,24)12-7(15)3-2-4-8(12)16/h2-4,9H,1H3. The molecule has 1 unspecified atom stereocenters. The van der Waals surface area contributed by atoms with Gasteiger partial charge in [0, 0.05) is 0 Å². The molecule has 25 heavy (non-hydrogen) atoms. The van der Waals surface area contributed by atoms with E-state index in [0.29, 0.717) is 12.1 Å². The molecule has 2 rings (SSSR count). The van der Waals surface area contributed by atoms with Gasteiger partial charge in [0.2, 0.25) is 20.2 Å². The largest absolute Gasteiger partial charge is 0.330 e. The SMILES string of the molecule is Cc1nc(Cl)c([N+](=O)[O-])c(C(C#N)S(=O)(=O)c2c(F)cccc2F)n1. The van der Waals surface area contributed by atoms with Crippen LogP contribution in [0.2, 0.25) is 5.15 Å². The Morgan fingerprint density at radius 1 is 1.32 bits per heavy atom. The van der Waals surface area contributed by atoms with Crippen LogP contribution in [0.25, 0.3) is 0 Å². The van der Waals surface area contributed by atoms with Gasteiger partial charge in [-0.1, -0.05) is 17.7 Å². The highest BCUT2D eigenvalue weighted by atomic mass is 35.5. The molecule has 0 saturated carbocycles. The molecule has 12 heteroatoms. The van der Waals surface area contributed by atoms with Gasteiger partial charge in [-0.2, -0.15) is 5.26 Å². The maximum atomic E-state index is 13.9. The van der Waals surface area contributed by atoms with E-state index in [1.807, 2.05) is 0 Å². The van der Waals surface area contributed by atoms with Crippen molar-refractivity contribution in [3.05, 3.63) is 56.6 Å². The number of nitrogens with zero attached hydrogens (tertiary/aromatic N) is 4. The summed E-state index contributed by atoms with van der Waals surface area (Å²) in [5, 5.41) is 17.3. The van der Waals surface area contributed by atoms with Crippen LogP contribution in [0.5, 0.6) is 0 Å². The van der Waals surface area contributed by atoms with Gasteiger partial charge in [0.25, 0.3) is 0 Å². The Labute approximate surface area is 144 Å². The van der Waals surface area contributed by atoms with E-state index in [-0.39, 0.29) is 5.82 Å². The minimum Gasteiger partial charge on any atom is -0.258 e. The quantitative estimate of drug-likeness (QED) is 0.447. The second kappa shape index (κ2) is 6.66. The van der Waals surface area contributed by atoms with E-state index in [2.05, 4.69) is 9.97 Å². The fourth-order valence-electron chi connectivity index (χ4n) is 2.05. The first-order valence-electron chi connectivity index (χ1n) is 6.37. The summed E-state index contributed by atoms with van der Waals surface area (Å²) in [6, 6.07) is 3.57. The topological polar surface area (TPSA) is 127 Å². The zero-order valence-corrected chi connectivity index (χ0v) is 13.8. The molecule has 1 heterocycles. The number of nitro groups is 1. The third-order valence-corrected chi connectivity index (χ3v) is 5.21. The van der Waals surface area contributed by atoms with Crippen molar-refractivity contribution >= 4 is 27.1 Å². The molecule has 0 aliphatic heterocycles. The van der Waals surface area contributed by atoms with Gasteiger partial charge in [0.15, 0.2) is 5.69 Å². The summed E-state index contributed by atoms with van der Waals surface area (Å²) < 4.78 is 52.9. The van der Waals surface area contributed by atoms with Crippen LogP contribution in [0.15, 0.2) is 23.1 Å². The van der Waals surface area contributed by atoms with Gasteiger partial charge in [0.1, 0.15) is 22.4 Å². The van der Waals surface area contributed by atoms with Crippen molar-refractivity contribution in [1.82, 2.24) is 9.97 Å².